The van der Waals surface area contributed by atoms with Crippen LogP contribution in [0.3, 0.4) is 0 Å². The number of hydrogen-bond donors (Lipinski definition) is 1. The van der Waals surface area contributed by atoms with Crippen molar-refractivity contribution in [3.05, 3.63) is 34.9 Å². The molecule has 1 nitrogen and oxygen atoms in total. The molecular weight excluding hydrogens is 196 g/mol. The van der Waals surface area contributed by atoms with Crippen LogP contribution in [-0.4, -0.2) is 10.7 Å². The van der Waals surface area contributed by atoms with E-state index >= 15 is 0 Å². The molecule has 1 unspecified atom stereocenters. The van der Waals surface area contributed by atoms with Gasteiger partial charge in [-0.05, 0) is 55.7 Å². The van der Waals surface area contributed by atoms with E-state index in [4.69, 9.17) is 0 Å². The molecule has 0 aromatic heterocycles. The summed E-state index contributed by atoms with van der Waals surface area (Å²) in [4.78, 5) is 0. The van der Waals surface area contributed by atoms with Gasteiger partial charge in [-0.1, -0.05) is 25.1 Å². The summed E-state index contributed by atoms with van der Waals surface area (Å²) in [5.74, 6) is 0. The van der Waals surface area contributed by atoms with Gasteiger partial charge in [-0.15, -0.1) is 0 Å². The summed E-state index contributed by atoms with van der Waals surface area (Å²) in [7, 11) is 0. The maximum absolute atomic E-state index is 10.5. The van der Waals surface area contributed by atoms with E-state index in [0.717, 1.165) is 19.3 Å². The molecule has 0 spiro atoms. The second-order valence-corrected chi connectivity index (χ2v) is 5.93. The lowest BCUT2D eigenvalue weighted by molar-refractivity contribution is -0.00702. The van der Waals surface area contributed by atoms with E-state index in [1.54, 1.807) is 0 Å². The highest BCUT2D eigenvalue weighted by Crippen LogP contribution is 2.54. The van der Waals surface area contributed by atoms with Gasteiger partial charge in [-0.25, -0.2) is 0 Å². The maximum Gasteiger partial charge on any atom is 0.0713 e. The average molecular weight is 218 g/mol. The normalized spacial score (nSPS) is 21.6. The third-order valence-electron chi connectivity index (χ3n) is 4.42. The Kier molecular flexibility index (Phi) is 2.62. The van der Waals surface area contributed by atoms with E-state index in [0.29, 0.717) is 0 Å². The van der Waals surface area contributed by atoms with Crippen molar-refractivity contribution in [2.45, 2.75) is 52.6 Å². The van der Waals surface area contributed by atoms with Gasteiger partial charge in [0.15, 0.2) is 0 Å². The van der Waals surface area contributed by atoms with Crippen LogP contribution in [-0.2, 0) is 6.42 Å². The van der Waals surface area contributed by atoms with Crippen molar-refractivity contribution in [3.63, 3.8) is 0 Å². The Balaban J connectivity index is 2.17. The molecule has 1 saturated carbocycles. The fraction of sp³-hybridized carbons (Fsp3) is 0.600. The predicted octanol–water partition coefficient (Wildman–Crippen LogP) is 3.40. The Bertz CT molecular complexity index is 400. The zero-order valence-corrected chi connectivity index (χ0v) is 10.8. The quantitative estimate of drug-likeness (QED) is 0.824. The molecule has 0 bridgehead atoms. The Labute approximate surface area is 98.5 Å². The standard InChI is InChI=1S/C15H22O/c1-11-5-6-13(9-12(11)2)10-15(4,16)14(3)7-8-14/h5-6,9,16H,7-8,10H2,1-4H3. The van der Waals surface area contributed by atoms with Crippen LogP contribution in [0, 0.1) is 19.3 Å². The fourth-order valence-electron chi connectivity index (χ4n) is 2.25. The lowest BCUT2D eigenvalue weighted by Gasteiger charge is -2.30. The molecule has 0 aliphatic heterocycles. The van der Waals surface area contributed by atoms with Crippen molar-refractivity contribution in [2.75, 3.05) is 0 Å². The summed E-state index contributed by atoms with van der Waals surface area (Å²) in [6, 6.07) is 6.49. The largest absolute Gasteiger partial charge is 0.389 e. The summed E-state index contributed by atoms with van der Waals surface area (Å²) in [5, 5.41) is 10.5. The van der Waals surface area contributed by atoms with E-state index in [9.17, 15) is 5.11 Å². The number of aliphatic hydroxyl groups is 1. The first-order valence-electron chi connectivity index (χ1n) is 6.13. The number of hydrogen-bond acceptors (Lipinski definition) is 1. The van der Waals surface area contributed by atoms with Crippen molar-refractivity contribution >= 4 is 0 Å². The molecule has 1 N–H and O–H groups in total. The summed E-state index contributed by atoms with van der Waals surface area (Å²) in [5.41, 5.74) is 3.47. The average Bonchev–Trinajstić information content (AvgIpc) is 2.91. The van der Waals surface area contributed by atoms with Gasteiger partial charge in [0.2, 0.25) is 0 Å². The number of benzene rings is 1. The highest BCUT2D eigenvalue weighted by Gasteiger charge is 2.51. The van der Waals surface area contributed by atoms with Crippen LogP contribution in [0.4, 0.5) is 0 Å². The molecule has 0 radical (unpaired) electrons. The molecule has 0 heterocycles. The first-order valence-corrected chi connectivity index (χ1v) is 6.13. The van der Waals surface area contributed by atoms with E-state index in [1.807, 2.05) is 6.92 Å². The minimum atomic E-state index is -0.561. The highest BCUT2D eigenvalue weighted by molar-refractivity contribution is 5.31. The molecule has 0 saturated heterocycles. The van der Waals surface area contributed by atoms with Crippen LogP contribution in [0.1, 0.15) is 43.4 Å². The van der Waals surface area contributed by atoms with Crippen molar-refractivity contribution in [1.29, 1.82) is 0 Å². The molecule has 16 heavy (non-hydrogen) atoms. The monoisotopic (exact) mass is 218 g/mol. The van der Waals surface area contributed by atoms with Crippen LogP contribution in [0.25, 0.3) is 0 Å². The number of aryl methyl sites for hydroxylation is 2. The van der Waals surface area contributed by atoms with Gasteiger partial charge in [0, 0.05) is 6.42 Å². The molecule has 1 aliphatic carbocycles. The minimum Gasteiger partial charge on any atom is -0.389 e. The van der Waals surface area contributed by atoms with Crippen molar-refractivity contribution in [3.8, 4) is 0 Å². The molecule has 88 valence electrons. The van der Waals surface area contributed by atoms with E-state index < -0.39 is 5.60 Å². The van der Waals surface area contributed by atoms with Crippen LogP contribution >= 0.6 is 0 Å². The topological polar surface area (TPSA) is 20.2 Å². The molecule has 1 aromatic rings. The van der Waals surface area contributed by atoms with Crippen molar-refractivity contribution in [2.24, 2.45) is 5.41 Å². The van der Waals surface area contributed by atoms with E-state index in [1.165, 1.54) is 16.7 Å². The molecule has 1 atom stereocenters. The summed E-state index contributed by atoms with van der Waals surface area (Å²) >= 11 is 0. The van der Waals surface area contributed by atoms with Gasteiger partial charge in [-0.2, -0.15) is 0 Å². The smallest absolute Gasteiger partial charge is 0.0713 e. The van der Waals surface area contributed by atoms with Gasteiger partial charge >= 0.3 is 0 Å². The Morgan fingerprint density at radius 1 is 1.25 bits per heavy atom. The fourth-order valence-corrected chi connectivity index (χ4v) is 2.25. The van der Waals surface area contributed by atoms with Crippen LogP contribution in [0.5, 0.6) is 0 Å². The molecule has 1 heteroatoms. The predicted molar refractivity (Wildman–Crippen MR) is 67.6 cm³/mol. The first kappa shape index (κ1) is 11.7. The first-order chi connectivity index (χ1) is 7.34. The Morgan fingerprint density at radius 3 is 2.38 bits per heavy atom. The van der Waals surface area contributed by atoms with Gasteiger partial charge in [0.25, 0.3) is 0 Å². The minimum absolute atomic E-state index is 0.145. The van der Waals surface area contributed by atoms with Gasteiger partial charge < -0.3 is 5.11 Å². The highest BCUT2D eigenvalue weighted by atomic mass is 16.3. The van der Waals surface area contributed by atoms with E-state index in [2.05, 4.69) is 39.0 Å². The summed E-state index contributed by atoms with van der Waals surface area (Å²) in [6.07, 6.45) is 3.08. The van der Waals surface area contributed by atoms with E-state index in [-0.39, 0.29) is 5.41 Å². The molecule has 2 rings (SSSR count). The molecule has 1 aliphatic rings. The lowest BCUT2D eigenvalue weighted by Crippen LogP contribution is -2.36. The van der Waals surface area contributed by atoms with Gasteiger partial charge in [0.05, 0.1) is 5.60 Å². The molecular formula is C15H22O. The zero-order valence-electron chi connectivity index (χ0n) is 10.8. The third kappa shape index (κ3) is 2.01. The third-order valence-corrected chi connectivity index (χ3v) is 4.42. The summed E-state index contributed by atoms with van der Waals surface area (Å²) in [6.45, 7) is 8.43. The summed E-state index contributed by atoms with van der Waals surface area (Å²) < 4.78 is 0. The Hall–Kier alpha value is -0.820. The second-order valence-electron chi connectivity index (χ2n) is 5.93. The van der Waals surface area contributed by atoms with Crippen LogP contribution in [0.15, 0.2) is 18.2 Å². The second kappa shape index (κ2) is 3.59. The Morgan fingerprint density at radius 2 is 1.88 bits per heavy atom. The SMILES string of the molecule is Cc1ccc(CC(C)(O)C2(C)CC2)cc1C. The van der Waals surface area contributed by atoms with Crippen molar-refractivity contribution in [1.82, 2.24) is 0 Å². The van der Waals surface area contributed by atoms with Crippen LogP contribution in [0.2, 0.25) is 0 Å². The van der Waals surface area contributed by atoms with Crippen molar-refractivity contribution < 1.29 is 5.11 Å². The van der Waals surface area contributed by atoms with Gasteiger partial charge in [0.1, 0.15) is 0 Å². The molecule has 1 aromatic carbocycles. The lowest BCUT2D eigenvalue weighted by atomic mass is 9.82. The number of rotatable bonds is 3. The van der Waals surface area contributed by atoms with Gasteiger partial charge in [-0.3, -0.25) is 0 Å². The van der Waals surface area contributed by atoms with Crippen LogP contribution < -0.4 is 0 Å². The zero-order chi connectivity index (χ0) is 12.0. The maximum atomic E-state index is 10.5. The molecule has 1 fully saturated rings. The molecule has 0 amide bonds.